The van der Waals surface area contributed by atoms with E-state index in [0.29, 0.717) is 19.7 Å². The summed E-state index contributed by atoms with van der Waals surface area (Å²) in [5, 5.41) is 8.93. The van der Waals surface area contributed by atoms with Gasteiger partial charge >= 0.3 is 5.97 Å². The van der Waals surface area contributed by atoms with E-state index < -0.39 is 17.5 Å². The molecule has 3 rings (SSSR count). The van der Waals surface area contributed by atoms with Gasteiger partial charge in [-0.05, 0) is 37.0 Å². The topological polar surface area (TPSA) is 76.1 Å². The fourth-order valence-corrected chi connectivity index (χ4v) is 3.39. The van der Waals surface area contributed by atoms with E-state index in [0.717, 1.165) is 29.7 Å². The number of rotatable bonds is 5. The van der Waals surface area contributed by atoms with E-state index in [4.69, 9.17) is 14.6 Å². The smallest absolute Gasteiger partial charge is 0.306 e. The number of carbonyl (C=O) groups is 2. The number of methoxy groups -OCH3 is 1. The van der Waals surface area contributed by atoms with E-state index >= 15 is 0 Å². The lowest BCUT2D eigenvalue weighted by molar-refractivity contribution is -0.149. The molecule has 0 radical (unpaired) electrons. The van der Waals surface area contributed by atoms with Gasteiger partial charge in [0.2, 0.25) is 5.91 Å². The number of aliphatic carboxylic acids is 1. The second kappa shape index (κ2) is 6.43. The molecule has 1 N–H and O–H groups in total. The van der Waals surface area contributed by atoms with Crippen LogP contribution in [-0.4, -0.2) is 54.8 Å². The Morgan fingerprint density at radius 3 is 2.79 bits per heavy atom. The van der Waals surface area contributed by atoms with Crippen LogP contribution >= 0.6 is 0 Å². The Bertz CT molecular complexity index is 653. The van der Waals surface area contributed by atoms with Gasteiger partial charge in [0.05, 0.1) is 31.7 Å². The van der Waals surface area contributed by atoms with Gasteiger partial charge < -0.3 is 19.5 Å². The van der Waals surface area contributed by atoms with E-state index in [2.05, 4.69) is 0 Å². The number of carboxylic acids is 1. The molecule has 1 aromatic rings. The van der Waals surface area contributed by atoms with Crippen molar-refractivity contribution in [2.45, 2.75) is 37.7 Å². The molecule has 6 nitrogen and oxygen atoms in total. The molecule has 0 bridgehead atoms. The zero-order valence-electron chi connectivity index (χ0n) is 14.1. The van der Waals surface area contributed by atoms with Gasteiger partial charge in [0.15, 0.2) is 0 Å². The van der Waals surface area contributed by atoms with Gasteiger partial charge in [-0.15, -0.1) is 0 Å². The molecule has 0 unspecified atom stereocenters. The summed E-state index contributed by atoms with van der Waals surface area (Å²) in [5.41, 5.74) is 1.54. The quantitative estimate of drug-likeness (QED) is 0.888. The molecular formula is C18H23NO5. The lowest BCUT2D eigenvalue weighted by atomic mass is 9.92. The molecule has 1 saturated carbocycles. The highest BCUT2D eigenvalue weighted by Gasteiger charge is 2.53. The molecule has 2 aliphatic rings. The van der Waals surface area contributed by atoms with Crippen molar-refractivity contribution in [2.75, 3.05) is 26.8 Å². The van der Waals surface area contributed by atoms with Crippen molar-refractivity contribution in [1.82, 2.24) is 4.90 Å². The summed E-state index contributed by atoms with van der Waals surface area (Å²) < 4.78 is 10.8. The average Bonchev–Trinajstić information content (AvgIpc) is 3.36. The zero-order chi connectivity index (χ0) is 17.3. The van der Waals surface area contributed by atoms with Crippen LogP contribution in [0.15, 0.2) is 18.2 Å². The first-order valence-corrected chi connectivity index (χ1v) is 8.24. The third-order valence-electron chi connectivity index (χ3n) is 4.95. The minimum Gasteiger partial charge on any atom is -0.496 e. The van der Waals surface area contributed by atoms with Gasteiger partial charge in [-0.2, -0.15) is 0 Å². The summed E-state index contributed by atoms with van der Waals surface area (Å²) in [6.45, 7) is 3.22. The van der Waals surface area contributed by atoms with E-state index in [1.54, 1.807) is 12.0 Å². The molecule has 1 atom stereocenters. The van der Waals surface area contributed by atoms with Gasteiger partial charge in [-0.3, -0.25) is 9.59 Å². The molecule has 1 amide bonds. The molecule has 130 valence electrons. The summed E-state index contributed by atoms with van der Waals surface area (Å²) in [5.74, 6) is -0.0388. The first-order chi connectivity index (χ1) is 11.5. The molecule has 0 spiro atoms. The van der Waals surface area contributed by atoms with Crippen molar-refractivity contribution < 1.29 is 24.2 Å². The van der Waals surface area contributed by atoms with Crippen LogP contribution in [0.3, 0.4) is 0 Å². The molecule has 6 heteroatoms. The van der Waals surface area contributed by atoms with Crippen LogP contribution < -0.4 is 4.74 Å². The molecule has 1 heterocycles. The lowest BCUT2D eigenvalue weighted by Gasteiger charge is -2.35. The number of aryl methyl sites for hydroxylation is 1. The molecule has 1 aliphatic carbocycles. The molecule has 1 saturated heterocycles. The predicted octanol–water partition coefficient (Wildman–Crippen LogP) is 1.74. The van der Waals surface area contributed by atoms with Crippen LogP contribution in [0.5, 0.6) is 5.75 Å². The van der Waals surface area contributed by atoms with Crippen molar-refractivity contribution >= 4 is 11.9 Å². The minimum atomic E-state index is -0.904. The van der Waals surface area contributed by atoms with Crippen LogP contribution in [0.25, 0.3) is 0 Å². The highest BCUT2D eigenvalue weighted by Crippen LogP contribution is 2.50. The molecular weight excluding hydrogens is 310 g/mol. The van der Waals surface area contributed by atoms with E-state index in [9.17, 15) is 9.59 Å². The maximum atomic E-state index is 13.1. The Morgan fingerprint density at radius 1 is 1.42 bits per heavy atom. The second-order valence-electron chi connectivity index (χ2n) is 6.61. The normalized spacial score (nSPS) is 22.1. The Morgan fingerprint density at radius 2 is 2.17 bits per heavy atom. The van der Waals surface area contributed by atoms with E-state index in [-0.39, 0.29) is 12.3 Å². The highest BCUT2D eigenvalue weighted by atomic mass is 16.5. The monoisotopic (exact) mass is 333 g/mol. The molecule has 1 aromatic carbocycles. The molecule has 24 heavy (non-hydrogen) atoms. The van der Waals surface area contributed by atoms with Gasteiger partial charge in [-0.1, -0.05) is 12.1 Å². The summed E-state index contributed by atoms with van der Waals surface area (Å²) in [4.78, 5) is 25.7. The van der Waals surface area contributed by atoms with Crippen LogP contribution in [0.1, 0.15) is 30.4 Å². The zero-order valence-corrected chi connectivity index (χ0v) is 14.1. The summed E-state index contributed by atoms with van der Waals surface area (Å²) in [6.07, 6.45) is 1.14. The first-order valence-electron chi connectivity index (χ1n) is 8.24. The van der Waals surface area contributed by atoms with Gasteiger partial charge in [0.1, 0.15) is 5.75 Å². The average molecular weight is 333 g/mol. The van der Waals surface area contributed by atoms with Crippen LogP contribution in [0.4, 0.5) is 0 Å². The maximum Gasteiger partial charge on any atom is 0.306 e. The lowest BCUT2D eigenvalue weighted by Crippen LogP contribution is -2.49. The summed E-state index contributed by atoms with van der Waals surface area (Å²) >= 11 is 0. The van der Waals surface area contributed by atoms with E-state index in [1.807, 2.05) is 25.1 Å². The van der Waals surface area contributed by atoms with Crippen LogP contribution in [0, 0.1) is 6.92 Å². The maximum absolute atomic E-state index is 13.1. The number of carbonyl (C=O) groups excluding carboxylic acids is 1. The van der Waals surface area contributed by atoms with E-state index in [1.165, 1.54) is 0 Å². The third kappa shape index (κ3) is 3.11. The van der Waals surface area contributed by atoms with Gasteiger partial charge in [0.25, 0.3) is 0 Å². The number of carboxylic acid groups (broad SMARTS) is 1. The van der Waals surface area contributed by atoms with Crippen molar-refractivity contribution in [2.24, 2.45) is 0 Å². The minimum absolute atomic E-state index is 0.0743. The van der Waals surface area contributed by atoms with Crippen molar-refractivity contribution in [1.29, 1.82) is 0 Å². The Balaban J connectivity index is 1.77. The Kier molecular flexibility index (Phi) is 4.49. The van der Waals surface area contributed by atoms with Crippen molar-refractivity contribution in [3.05, 3.63) is 29.3 Å². The van der Waals surface area contributed by atoms with Crippen molar-refractivity contribution in [3.8, 4) is 5.75 Å². The first kappa shape index (κ1) is 16.8. The number of benzene rings is 1. The molecule has 2 fully saturated rings. The predicted molar refractivity (Wildman–Crippen MR) is 87.2 cm³/mol. The number of ether oxygens (including phenoxy) is 2. The fraction of sp³-hybridized carbons (Fsp3) is 0.556. The SMILES string of the molecule is COc1cc(C2(C(=O)N3CCO[C@H](CC(=O)O)C3)CC2)ccc1C. The number of hydrogen-bond donors (Lipinski definition) is 1. The largest absolute Gasteiger partial charge is 0.496 e. The van der Waals surface area contributed by atoms with Crippen LogP contribution in [0.2, 0.25) is 0 Å². The number of morpholine rings is 1. The summed E-state index contributed by atoms with van der Waals surface area (Å²) in [6, 6.07) is 5.93. The fourth-order valence-electron chi connectivity index (χ4n) is 3.39. The standard InChI is InChI=1S/C18H23NO5/c1-12-3-4-13(9-15(12)23-2)18(5-6-18)17(22)19-7-8-24-14(11-19)10-16(20)21/h3-4,9,14H,5-8,10-11H2,1-2H3,(H,20,21)/t14-/m1/s1. The Labute approximate surface area is 141 Å². The van der Waals surface area contributed by atoms with Gasteiger partial charge in [-0.25, -0.2) is 0 Å². The number of amides is 1. The third-order valence-corrected chi connectivity index (χ3v) is 4.95. The highest BCUT2D eigenvalue weighted by molar-refractivity contribution is 5.91. The van der Waals surface area contributed by atoms with Gasteiger partial charge in [0, 0.05) is 13.1 Å². The number of hydrogen-bond acceptors (Lipinski definition) is 4. The summed E-state index contributed by atoms with van der Waals surface area (Å²) in [7, 11) is 1.63. The number of nitrogens with zero attached hydrogens (tertiary/aromatic N) is 1. The molecule has 1 aliphatic heterocycles. The van der Waals surface area contributed by atoms with Crippen LogP contribution in [-0.2, 0) is 19.7 Å². The Hall–Kier alpha value is -2.08. The van der Waals surface area contributed by atoms with Crippen molar-refractivity contribution in [3.63, 3.8) is 0 Å². The second-order valence-corrected chi connectivity index (χ2v) is 6.61. The molecule has 0 aromatic heterocycles.